The number of benzene rings is 1. The molecule has 24 heavy (non-hydrogen) atoms. The Morgan fingerprint density at radius 2 is 1.92 bits per heavy atom. The Labute approximate surface area is 159 Å². The van der Waals surface area contributed by atoms with E-state index in [1.165, 1.54) is 4.70 Å². The summed E-state index contributed by atoms with van der Waals surface area (Å²) in [6.07, 6.45) is 6.40. The summed E-state index contributed by atoms with van der Waals surface area (Å²) in [6, 6.07) is 8.83. The Balaban J connectivity index is 0.00000144. The number of nitrogens with one attached hydrogen (secondary N) is 1. The van der Waals surface area contributed by atoms with E-state index in [1.54, 1.807) is 11.3 Å². The van der Waals surface area contributed by atoms with Gasteiger partial charge in [-0.05, 0) is 50.7 Å². The maximum Gasteiger partial charge on any atom is 0.220 e. The summed E-state index contributed by atoms with van der Waals surface area (Å²) in [5.41, 5.74) is 6.95. The minimum Gasteiger partial charge on any atom is -0.353 e. The van der Waals surface area contributed by atoms with Gasteiger partial charge in [-0.1, -0.05) is 12.1 Å². The number of carbonyl (C=O) groups is 1. The summed E-state index contributed by atoms with van der Waals surface area (Å²) >= 11 is 1.73. The van der Waals surface area contributed by atoms with Crippen molar-refractivity contribution in [2.24, 2.45) is 5.73 Å². The van der Waals surface area contributed by atoms with Gasteiger partial charge in [-0.2, -0.15) is 0 Å². The lowest BCUT2D eigenvalue weighted by Gasteiger charge is -2.26. The van der Waals surface area contributed by atoms with Gasteiger partial charge < -0.3 is 11.1 Å². The molecule has 0 radical (unpaired) electrons. The molecule has 2 aromatic rings. The number of carbonyl (C=O) groups excluding carboxylic acids is 1. The summed E-state index contributed by atoms with van der Waals surface area (Å²) in [5.74, 6) is 0.168. The first-order chi connectivity index (χ1) is 10.7. The SMILES string of the molecule is Cl.Cl.NC1CCC(NC(=O)CCCc2nc3ccccc3s2)CC1. The first-order valence-electron chi connectivity index (χ1n) is 8.10. The Morgan fingerprint density at radius 3 is 2.62 bits per heavy atom. The second-order valence-corrected chi connectivity index (χ2v) is 7.22. The molecular weight excluding hydrogens is 365 g/mol. The summed E-state index contributed by atoms with van der Waals surface area (Å²) in [7, 11) is 0. The molecule has 0 saturated heterocycles. The molecule has 134 valence electrons. The van der Waals surface area contributed by atoms with Crippen molar-refractivity contribution in [3.63, 3.8) is 0 Å². The topological polar surface area (TPSA) is 68.0 Å². The van der Waals surface area contributed by atoms with Gasteiger partial charge in [0.25, 0.3) is 0 Å². The van der Waals surface area contributed by atoms with Crippen LogP contribution in [0, 0.1) is 0 Å². The predicted molar refractivity (Wildman–Crippen MR) is 105 cm³/mol. The highest BCUT2D eigenvalue weighted by molar-refractivity contribution is 7.18. The van der Waals surface area contributed by atoms with Crippen molar-refractivity contribution < 1.29 is 4.79 Å². The number of nitrogens with zero attached hydrogens (tertiary/aromatic N) is 1. The molecule has 1 aliphatic carbocycles. The monoisotopic (exact) mass is 389 g/mol. The molecule has 3 N–H and O–H groups in total. The van der Waals surface area contributed by atoms with Crippen LogP contribution in [0.4, 0.5) is 0 Å². The van der Waals surface area contributed by atoms with E-state index >= 15 is 0 Å². The van der Waals surface area contributed by atoms with Crippen molar-refractivity contribution in [3.05, 3.63) is 29.3 Å². The average molecular weight is 390 g/mol. The van der Waals surface area contributed by atoms with Gasteiger partial charge in [-0.25, -0.2) is 4.98 Å². The highest BCUT2D eigenvalue weighted by Crippen LogP contribution is 2.23. The molecule has 1 saturated carbocycles. The molecular formula is C17H25Cl2N3OS. The molecule has 1 aromatic carbocycles. The summed E-state index contributed by atoms with van der Waals surface area (Å²) in [5, 5.41) is 4.26. The number of fused-ring (bicyclic) bond motifs is 1. The number of nitrogens with two attached hydrogens (primary N) is 1. The van der Waals surface area contributed by atoms with Gasteiger partial charge in [0, 0.05) is 18.5 Å². The molecule has 1 amide bonds. The molecule has 0 atom stereocenters. The number of para-hydroxylation sites is 1. The van der Waals surface area contributed by atoms with Crippen molar-refractivity contribution >= 4 is 52.3 Å². The molecule has 1 aromatic heterocycles. The number of aryl methyl sites for hydroxylation is 1. The quantitative estimate of drug-likeness (QED) is 0.815. The lowest BCUT2D eigenvalue weighted by atomic mass is 9.92. The van der Waals surface area contributed by atoms with Crippen LogP contribution < -0.4 is 11.1 Å². The van der Waals surface area contributed by atoms with Crippen LogP contribution in [-0.2, 0) is 11.2 Å². The summed E-state index contributed by atoms with van der Waals surface area (Å²) in [6.45, 7) is 0. The first-order valence-corrected chi connectivity index (χ1v) is 8.92. The second-order valence-electron chi connectivity index (χ2n) is 6.11. The van der Waals surface area contributed by atoms with Crippen LogP contribution in [0.5, 0.6) is 0 Å². The second kappa shape index (κ2) is 10.2. The third kappa shape index (κ3) is 5.88. The number of thiazole rings is 1. The predicted octanol–water partition coefficient (Wildman–Crippen LogP) is 3.85. The number of amides is 1. The van der Waals surface area contributed by atoms with Crippen LogP contribution in [0.3, 0.4) is 0 Å². The third-order valence-electron chi connectivity index (χ3n) is 4.27. The lowest BCUT2D eigenvalue weighted by molar-refractivity contribution is -0.122. The van der Waals surface area contributed by atoms with Gasteiger partial charge in [0.1, 0.15) is 0 Å². The van der Waals surface area contributed by atoms with Crippen LogP contribution in [-0.4, -0.2) is 23.0 Å². The van der Waals surface area contributed by atoms with Crippen molar-refractivity contribution in [3.8, 4) is 0 Å². The van der Waals surface area contributed by atoms with E-state index in [9.17, 15) is 4.79 Å². The molecule has 0 spiro atoms. The molecule has 1 aliphatic rings. The lowest BCUT2D eigenvalue weighted by Crippen LogP contribution is -2.40. The van der Waals surface area contributed by atoms with Crippen molar-refractivity contribution in [2.45, 2.75) is 57.0 Å². The molecule has 1 heterocycles. The average Bonchev–Trinajstić information content (AvgIpc) is 2.92. The van der Waals surface area contributed by atoms with Gasteiger partial charge >= 0.3 is 0 Å². The fourth-order valence-corrected chi connectivity index (χ4v) is 4.00. The fourth-order valence-electron chi connectivity index (χ4n) is 2.99. The molecule has 3 rings (SSSR count). The summed E-state index contributed by atoms with van der Waals surface area (Å²) < 4.78 is 1.22. The third-order valence-corrected chi connectivity index (χ3v) is 5.37. The zero-order valence-electron chi connectivity index (χ0n) is 13.6. The zero-order valence-corrected chi connectivity index (χ0v) is 16.0. The zero-order chi connectivity index (χ0) is 15.4. The molecule has 4 nitrogen and oxygen atoms in total. The number of hydrogen-bond acceptors (Lipinski definition) is 4. The molecule has 7 heteroatoms. The smallest absolute Gasteiger partial charge is 0.220 e. The largest absolute Gasteiger partial charge is 0.353 e. The maximum absolute atomic E-state index is 12.0. The normalized spacial score (nSPS) is 20.0. The minimum absolute atomic E-state index is 0. The summed E-state index contributed by atoms with van der Waals surface area (Å²) in [4.78, 5) is 16.6. The van der Waals surface area contributed by atoms with E-state index in [0.29, 0.717) is 18.5 Å². The van der Waals surface area contributed by atoms with E-state index in [0.717, 1.165) is 49.0 Å². The van der Waals surface area contributed by atoms with E-state index in [1.807, 2.05) is 18.2 Å². The molecule has 0 unspecified atom stereocenters. The highest BCUT2D eigenvalue weighted by atomic mass is 35.5. The van der Waals surface area contributed by atoms with Gasteiger partial charge in [0.15, 0.2) is 0 Å². The Hall–Kier alpha value is -0.880. The maximum atomic E-state index is 12.0. The van der Waals surface area contributed by atoms with E-state index in [-0.39, 0.29) is 30.7 Å². The number of halogens is 2. The van der Waals surface area contributed by atoms with Crippen LogP contribution in [0.1, 0.15) is 43.5 Å². The van der Waals surface area contributed by atoms with Crippen LogP contribution in [0.15, 0.2) is 24.3 Å². The van der Waals surface area contributed by atoms with Crippen molar-refractivity contribution in [1.82, 2.24) is 10.3 Å². The molecule has 1 fully saturated rings. The Morgan fingerprint density at radius 1 is 1.21 bits per heavy atom. The molecule has 0 aliphatic heterocycles. The van der Waals surface area contributed by atoms with Crippen molar-refractivity contribution in [1.29, 1.82) is 0 Å². The number of rotatable bonds is 5. The number of aromatic nitrogens is 1. The van der Waals surface area contributed by atoms with E-state index < -0.39 is 0 Å². The standard InChI is InChI=1S/C17H23N3OS.2ClH/c18-12-8-10-13(11-9-12)19-16(21)6-3-7-17-20-14-4-1-2-5-15(14)22-17;;/h1-2,4-5,12-13H,3,6-11,18H2,(H,19,21);2*1H. The van der Waals surface area contributed by atoms with E-state index in [4.69, 9.17) is 5.73 Å². The van der Waals surface area contributed by atoms with Gasteiger partial charge in [0.05, 0.1) is 15.2 Å². The number of hydrogen-bond donors (Lipinski definition) is 2. The van der Waals surface area contributed by atoms with Crippen LogP contribution in [0.2, 0.25) is 0 Å². The highest BCUT2D eigenvalue weighted by Gasteiger charge is 2.19. The minimum atomic E-state index is 0. The van der Waals surface area contributed by atoms with Gasteiger partial charge in [-0.3, -0.25) is 4.79 Å². The Bertz CT molecular complexity index is 609. The Kier molecular flexibility index (Phi) is 8.98. The van der Waals surface area contributed by atoms with E-state index in [2.05, 4.69) is 16.4 Å². The van der Waals surface area contributed by atoms with Gasteiger partial charge in [0.2, 0.25) is 5.91 Å². The van der Waals surface area contributed by atoms with Crippen molar-refractivity contribution in [2.75, 3.05) is 0 Å². The van der Waals surface area contributed by atoms with Crippen LogP contribution in [0.25, 0.3) is 10.2 Å². The van der Waals surface area contributed by atoms with Crippen LogP contribution >= 0.6 is 36.2 Å². The molecule has 0 bridgehead atoms. The fraction of sp³-hybridized carbons (Fsp3) is 0.529. The first kappa shape index (κ1) is 21.2. The van der Waals surface area contributed by atoms with Gasteiger partial charge in [-0.15, -0.1) is 36.2 Å².